The zero-order valence-electron chi connectivity index (χ0n) is 17.9. The minimum Gasteiger partial charge on any atom is -0.490 e. The van der Waals surface area contributed by atoms with Crippen LogP contribution >= 0.6 is 46.4 Å². The van der Waals surface area contributed by atoms with E-state index < -0.39 is 11.8 Å². The maximum absolute atomic E-state index is 13.4. The molecule has 32 heavy (non-hydrogen) atoms. The monoisotopic (exact) mass is 584 g/mol. The zero-order valence-corrected chi connectivity index (χ0v) is 21.6. The fourth-order valence-corrected chi connectivity index (χ4v) is 4.56. The Hall–Kier alpha value is -2.17. The molecule has 0 aliphatic carbocycles. The van der Waals surface area contributed by atoms with Crippen LogP contribution in [0, 0.1) is 3.57 Å². The highest BCUT2D eigenvalue weighted by Gasteiger charge is 2.39. The van der Waals surface area contributed by atoms with E-state index in [1.54, 1.807) is 36.4 Å². The lowest BCUT2D eigenvalue weighted by atomic mass is 10.1. The number of rotatable bonds is 7. The zero-order chi connectivity index (χ0) is 23.4. The highest BCUT2D eigenvalue weighted by Crippen LogP contribution is 2.35. The second-order valence-corrected chi connectivity index (χ2v) is 8.67. The van der Waals surface area contributed by atoms with Crippen molar-refractivity contribution in [2.24, 2.45) is 0 Å². The summed E-state index contributed by atoms with van der Waals surface area (Å²) in [6.45, 7) is 6.87. The summed E-state index contributed by atoms with van der Waals surface area (Å²) in [7, 11) is 0. The maximum Gasteiger partial charge on any atom is 0.270 e. The Balaban J connectivity index is 2.10. The molecule has 2 aromatic carbocycles. The number of likely N-dealkylation sites (N-methyl/N-ethyl adjacent to an activating group) is 1. The molecule has 0 atom stereocenters. The van der Waals surface area contributed by atoms with E-state index in [1.165, 1.54) is 9.80 Å². The molecule has 6 nitrogen and oxygen atoms in total. The van der Waals surface area contributed by atoms with Gasteiger partial charge >= 0.3 is 0 Å². The minimum absolute atomic E-state index is 0.0119. The number of carbonyl (C=O) groups excluding carboxylic acids is 2. The molecule has 2 amide bonds. The van der Waals surface area contributed by atoms with Crippen molar-refractivity contribution >= 4 is 75.1 Å². The number of benzene rings is 2. The third-order valence-corrected chi connectivity index (χ3v) is 6.12. The summed E-state index contributed by atoms with van der Waals surface area (Å²) in [5, 5.41) is 0.675. The first-order valence-corrected chi connectivity index (χ1v) is 11.9. The summed E-state index contributed by atoms with van der Waals surface area (Å²) in [4.78, 5) is 29.3. The van der Waals surface area contributed by atoms with Crippen LogP contribution in [0.3, 0.4) is 0 Å². The molecule has 1 fully saturated rings. The van der Waals surface area contributed by atoms with E-state index in [9.17, 15) is 9.59 Å². The molecule has 1 aliphatic rings. The summed E-state index contributed by atoms with van der Waals surface area (Å²) in [5.41, 5.74) is 1.20. The van der Waals surface area contributed by atoms with Gasteiger partial charge in [0.05, 0.1) is 22.5 Å². The molecule has 1 heterocycles. The Kier molecular flexibility index (Phi) is 8.13. The Morgan fingerprint density at radius 1 is 1.03 bits per heavy atom. The largest absolute Gasteiger partial charge is 0.490 e. The quantitative estimate of drug-likeness (QED) is 0.191. The molecule has 1 aliphatic heterocycles. The summed E-state index contributed by atoms with van der Waals surface area (Å²) >= 11 is 13.6. The smallest absolute Gasteiger partial charge is 0.270 e. The number of carbonyl (C=O) groups is 2. The van der Waals surface area contributed by atoms with Crippen LogP contribution in [0.25, 0.3) is 6.08 Å². The molecule has 0 unspecified atom stereocenters. The van der Waals surface area contributed by atoms with E-state index in [1.807, 2.05) is 26.8 Å². The van der Waals surface area contributed by atoms with Gasteiger partial charge < -0.3 is 9.47 Å². The number of ether oxygens (including phenoxy) is 2. The van der Waals surface area contributed by atoms with E-state index >= 15 is 0 Å². The Labute approximate surface area is 211 Å². The molecule has 9 heteroatoms. The predicted molar refractivity (Wildman–Crippen MR) is 138 cm³/mol. The lowest BCUT2D eigenvalue weighted by molar-refractivity contribution is -0.127. The van der Waals surface area contributed by atoms with Crippen molar-refractivity contribution in [2.45, 2.75) is 20.8 Å². The van der Waals surface area contributed by atoms with Crippen LogP contribution in [0.1, 0.15) is 26.3 Å². The first-order chi connectivity index (χ1) is 15.3. The first kappa shape index (κ1) is 24.5. The Bertz CT molecular complexity index is 1090. The fraction of sp³-hybridized carbons (Fsp3) is 0.261. The average molecular weight is 585 g/mol. The molecule has 1 saturated heterocycles. The van der Waals surface area contributed by atoms with Gasteiger partial charge in [0.25, 0.3) is 11.8 Å². The summed E-state index contributed by atoms with van der Waals surface area (Å²) in [6.07, 6.45) is 1.57. The molecular formula is C23H22ClIN2O4S. The van der Waals surface area contributed by atoms with Crippen molar-refractivity contribution in [3.05, 3.63) is 56.1 Å². The molecule has 168 valence electrons. The van der Waals surface area contributed by atoms with E-state index in [2.05, 4.69) is 22.6 Å². The van der Waals surface area contributed by atoms with Gasteiger partial charge in [0, 0.05) is 11.6 Å². The third-order valence-electron chi connectivity index (χ3n) is 4.66. The van der Waals surface area contributed by atoms with Gasteiger partial charge in [-0.1, -0.05) is 11.6 Å². The van der Waals surface area contributed by atoms with E-state index in [-0.39, 0.29) is 10.7 Å². The van der Waals surface area contributed by atoms with Gasteiger partial charge in [0.1, 0.15) is 5.57 Å². The molecular weight excluding hydrogens is 563 g/mol. The number of hydrogen-bond donors (Lipinski definition) is 0. The van der Waals surface area contributed by atoms with Gasteiger partial charge in [-0.05, 0) is 104 Å². The van der Waals surface area contributed by atoms with Gasteiger partial charge in [0.2, 0.25) is 0 Å². The number of thiocarbonyl (C=S) groups is 1. The standard InChI is InChI=1S/C23H22ClIN2O4S/c1-4-26-21(28)17(22(29)27(23(26)32)16-9-7-15(24)8-10-16)11-14-12-18(25)20(31-6-3)19(13-14)30-5-2/h7-13H,4-6H2,1-3H3/b17-11+. The number of halogens is 2. The fourth-order valence-electron chi connectivity index (χ4n) is 3.26. The Morgan fingerprint density at radius 3 is 2.28 bits per heavy atom. The summed E-state index contributed by atoms with van der Waals surface area (Å²) < 4.78 is 12.3. The highest BCUT2D eigenvalue weighted by atomic mass is 127. The third kappa shape index (κ3) is 4.92. The van der Waals surface area contributed by atoms with Crippen LogP contribution in [-0.2, 0) is 9.59 Å². The lowest BCUT2D eigenvalue weighted by Gasteiger charge is -2.36. The van der Waals surface area contributed by atoms with Gasteiger partial charge in [-0.15, -0.1) is 0 Å². The summed E-state index contributed by atoms with van der Waals surface area (Å²) in [5.74, 6) is 0.266. The van der Waals surface area contributed by atoms with E-state index in [0.29, 0.717) is 47.5 Å². The van der Waals surface area contributed by atoms with Crippen LogP contribution < -0.4 is 14.4 Å². The van der Waals surface area contributed by atoms with Gasteiger partial charge in [-0.3, -0.25) is 19.4 Å². The van der Waals surface area contributed by atoms with Gasteiger partial charge in [0.15, 0.2) is 16.6 Å². The van der Waals surface area contributed by atoms with Crippen LogP contribution in [0.2, 0.25) is 5.02 Å². The molecule has 0 radical (unpaired) electrons. The van der Waals surface area contributed by atoms with Crippen LogP contribution in [0.4, 0.5) is 5.69 Å². The average Bonchev–Trinajstić information content (AvgIpc) is 2.75. The molecule has 0 saturated carbocycles. The second kappa shape index (κ2) is 10.6. The van der Waals surface area contributed by atoms with Crippen molar-refractivity contribution in [3.63, 3.8) is 0 Å². The van der Waals surface area contributed by atoms with E-state index in [0.717, 1.165) is 3.57 Å². The van der Waals surface area contributed by atoms with Crippen LogP contribution in [0.5, 0.6) is 11.5 Å². The molecule has 2 aromatic rings. The van der Waals surface area contributed by atoms with Gasteiger partial charge in [-0.25, -0.2) is 0 Å². The number of amides is 2. The SMILES string of the molecule is CCOc1cc(/C=C2\C(=O)N(CC)C(=S)N(c3ccc(Cl)cc3)C2=O)cc(I)c1OCC. The van der Waals surface area contributed by atoms with Crippen molar-refractivity contribution in [1.29, 1.82) is 0 Å². The van der Waals surface area contributed by atoms with Crippen molar-refractivity contribution in [2.75, 3.05) is 24.7 Å². The number of nitrogens with zero attached hydrogens (tertiary/aromatic N) is 2. The molecule has 3 rings (SSSR count). The molecule has 0 spiro atoms. The molecule has 0 bridgehead atoms. The molecule has 0 aromatic heterocycles. The highest BCUT2D eigenvalue weighted by molar-refractivity contribution is 14.1. The first-order valence-electron chi connectivity index (χ1n) is 10.1. The van der Waals surface area contributed by atoms with Crippen molar-refractivity contribution in [3.8, 4) is 11.5 Å². The molecule has 0 N–H and O–H groups in total. The lowest BCUT2D eigenvalue weighted by Crippen LogP contribution is -2.56. The number of anilines is 1. The maximum atomic E-state index is 13.4. The van der Waals surface area contributed by atoms with Gasteiger partial charge in [-0.2, -0.15) is 0 Å². The van der Waals surface area contributed by atoms with Crippen molar-refractivity contribution < 1.29 is 19.1 Å². The summed E-state index contributed by atoms with van der Waals surface area (Å²) in [6, 6.07) is 10.3. The second-order valence-electron chi connectivity index (χ2n) is 6.70. The Morgan fingerprint density at radius 2 is 1.69 bits per heavy atom. The van der Waals surface area contributed by atoms with Crippen LogP contribution in [0.15, 0.2) is 42.0 Å². The topological polar surface area (TPSA) is 59.1 Å². The number of hydrogen-bond acceptors (Lipinski definition) is 5. The van der Waals surface area contributed by atoms with E-state index in [4.69, 9.17) is 33.3 Å². The predicted octanol–water partition coefficient (Wildman–Crippen LogP) is 5.31. The minimum atomic E-state index is -0.492. The van der Waals surface area contributed by atoms with Crippen LogP contribution in [-0.4, -0.2) is 41.6 Å². The van der Waals surface area contributed by atoms with Crippen molar-refractivity contribution in [1.82, 2.24) is 4.90 Å². The normalized spacial score (nSPS) is 15.5.